The Morgan fingerprint density at radius 1 is 1.27 bits per heavy atom. The van der Waals surface area contributed by atoms with Crippen LogP contribution in [0.2, 0.25) is 5.02 Å². The summed E-state index contributed by atoms with van der Waals surface area (Å²) < 4.78 is 1.98. The molecule has 0 bridgehead atoms. The highest BCUT2D eigenvalue weighted by Crippen LogP contribution is 2.24. The van der Waals surface area contributed by atoms with Crippen molar-refractivity contribution in [2.75, 3.05) is 6.54 Å². The zero-order valence-electron chi connectivity index (χ0n) is 11.9. The Bertz CT molecular complexity index is 786. The molecule has 0 saturated heterocycles. The van der Waals surface area contributed by atoms with E-state index in [2.05, 4.69) is 15.3 Å². The third-order valence-electron chi connectivity index (χ3n) is 3.40. The van der Waals surface area contributed by atoms with E-state index in [0.717, 1.165) is 18.4 Å². The molecule has 6 heteroatoms. The minimum atomic E-state index is -0.133. The maximum Gasteiger partial charge on any atom is 0.253 e. The van der Waals surface area contributed by atoms with E-state index in [-0.39, 0.29) is 5.91 Å². The van der Waals surface area contributed by atoms with E-state index >= 15 is 0 Å². The van der Waals surface area contributed by atoms with Crippen molar-refractivity contribution in [3.8, 4) is 0 Å². The van der Waals surface area contributed by atoms with Crippen LogP contribution in [0, 0.1) is 0 Å². The van der Waals surface area contributed by atoms with Crippen LogP contribution in [-0.2, 0) is 6.54 Å². The number of nitrogens with one attached hydrogen (secondary N) is 1. The van der Waals surface area contributed by atoms with Gasteiger partial charge in [-0.15, -0.1) is 0 Å². The number of aryl methyl sites for hydroxylation is 1. The first kappa shape index (κ1) is 14.5. The second kappa shape index (κ2) is 6.58. The Kier molecular flexibility index (Phi) is 4.34. The predicted molar refractivity (Wildman–Crippen MR) is 85.9 cm³/mol. The minimum absolute atomic E-state index is 0.133. The summed E-state index contributed by atoms with van der Waals surface area (Å²) in [6.07, 6.45) is 7.90. The highest BCUT2D eigenvalue weighted by molar-refractivity contribution is 6.36. The van der Waals surface area contributed by atoms with Gasteiger partial charge < -0.3 is 9.88 Å². The van der Waals surface area contributed by atoms with Crippen LogP contribution in [0.15, 0.2) is 49.2 Å². The van der Waals surface area contributed by atoms with E-state index in [0.29, 0.717) is 22.6 Å². The highest BCUT2D eigenvalue weighted by Gasteiger charge is 2.12. The van der Waals surface area contributed by atoms with E-state index in [1.807, 2.05) is 16.8 Å². The molecule has 0 spiro atoms. The van der Waals surface area contributed by atoms with Gasteiger partial charge in [0.2, 0.25) is 0 Å². The molecule has 1 N–H and O–H groups in total. The van der Waals surface area contributed by atoms with Crippen molar-refractivity contribution in [3.63, 3.8) is 0 Å². The third kappa shape index (κ3) is 3.09. The van der Waals surface area contributed by atoms with E-state index in [1.165, 1.54) is 0 Å². The molecule has 0 aliphatic heterocycles. The van der Waals surface area contributed by atoms with E-state index in [1.54, 1.807) is 36.9 Å². The number of aromatic nitrogens is 3. The van der Waals surface area contributed by atoms with Crippen LogP contribution >= 0.6 is 11.6 Å². The molecule has 5 nitrogen and oxygen atoms in total. The lowest BCUT2D eigenvalue weighted by atomic mass is 10.1. The fourth-order valence-corrected chi connectivity index (χ4v) is 2.51. The second-order valence-corrected chi connectivity index (χ2v) is 5.31. The van der Waals surface area contributed by atoms with Gasteiger partial charge in [-0.1, -0.05) is 11.6 Å². The Balaban J connectivity index is 1.66. The van der Waals surface area contributed by atoms with E-state index < -0.39 is 0 Å². The zero-order valence-corrected chi connectivity index (χ0v) is 12.6. The summed E-state index contributed by atoms with van der Waals surface area (Å²) in [6.45, 7) is 1.41. The van der Waals surface area contributed by atoms with E-state index in [4.69, 9.17) is 11.6 Å². The van der Waals surface area contributed by atoms with Crippen molar-refractivity contribution in [2.24, 2.45) is 0 Å². The number of carbonyl (C=O) groups is 1. The summed E-state index contributed by atoms with van der Waals surface area (Å²) in [4.78, 5) is 20.6. The molecule has 0 saturated carbocycles. The number of benzene rings is 1. The van der Waals surface area contributed by atoms with Gasteiger partial charge in [0.25, 0.3) is 5.91 Å². The first-order valence-corrected chi connectivity index (χ1v) is 7.40. The van der Waals surface area contributed by atoms with Crippen molar-refractivity contribution < 1.29 is 4.79 Å². The molecule has 0 atom stereocenters. The molecule has 1 amide bonds. The maximum absolute atomic E-state index is 12.3. The van der Waals surface area contributed by atoms with Crippen LogP contribution in [0.4, 0.5) is 0 Å². The van der Waals surface area contributed by atoms with Crippen LogP contribution < -0.4 is 5.32 Å². The number of pyridine rings is 1. The Morgan fingerprint density at radius 2 is 2.18 bits per heavy atom. The van der Waals surface area contributed by atoms with Crippen LogP contribution in [-0.4, -0.2) is 27.0 Å². The standard InChI is InChI=1S/C16H15ClN4O/c17-14-5-4-13(15-12(14)3-1-6-19-15)16(22)20-7-2-9-21-10-8-18-11-21/h1,3-6,8,10-11H,2,7,9H2,(H,20,22). The summed E-state index contributed by atoms with van der Waals surface area (Å²) in [5.74, 6) is -0.133. The van der Waals surface area contributed by atoms with Crippen molar-refractivity contribution in [1.82, 2.24) is 19.9 Å². The molecule has 0 aliphatic carbocycles. The fourth-order valence-electron chi connectivity index (χ4n) is 2.30. The number of carbonyl (C=O) groups excluding carboxylic acids is 1. The average Bonchev–Trinajstić information content (AvgIpc) is 3.05. The first-order valence-electron chi connectivity index (χ1n) is 7.03. The lowest BCUT2D eigenvalue weighted by Gasteiger charge is -2.08. The number of rotatable bonds is 5. The van der Waals surface area contributed by atoms with Gasteiger partial charge in [0.15, 0.2) is 0 Å². The van der Waals surface area contributed by atoms with Crippen LogP contribution in [0.5, 0.6) is 0 Å². The fraction of sp³-hybridized carbons (Fsp3) is 0.188. The molecule has 3 rings (SSSR count). The second-order valence-electron chi connectivity index (χ2n) is 4.90. The monoisotopic (exact) mass is 314 g/mol. The normalized spacial score (nSPS) is 10.8. The topological polar surface area (TPSA) is 59.8 Å². The van der Waals surface area contributed by atoms with Gasteiger partial charge in [0.05, 0.1) is 22.4 Å². The van der Waals surface area contributed by atoms with Crippen LogP contribution in [0.3, 0.4) is 0 Å². The highest BCUT2D eigenvalue weighted by atomic mass is 35.5. The Labute approximate surface area is 133 Å². The molecule has 0 radical (unpaired) electrons. The third-order valence-corrected chi connectivity index (χ3v) is 3.73. The molecular weight excluding hydrogens is 300 g/mol. The summed E-state index contributed by atoms with van der Waals surface area (Å²) in [5, 5.41) is 4.30. The van der Waals surface area contributed by atoms with Gasteiger partial charge in [-0.05, 0) is 30.7 Å². The van der Waals surface area contributed by atoms with Gasteiger partial charge in [-0.3, -0.25) is 9.78 Å². The molecule has 2 aromatic heterocycles. The van der Waals surface area contributed by atoms with Crippen molar-refractivity contribution >= 4 is 28.4 Å². The van der Waals surface area contributed by atoms with Crippen molar-refractivity contribution in [1.29, 1.82) is 0 Å². The molecular formula is C16H15ClN4O. The number of fused-ring (bicyclic) bond motifs is 1. The number of halogens is 1. The summed E-state index contributed by atoms with van der Waals surface area (Å²) >= 11 is 6.14. The van der Waals surface area contributed by atoms with Gasteiger partial charge >= 0.3 is 0 Å². The quantitative estimate of drug-likeness (QED) is 0.737. The molecule has 2 heterocycles. The maximum atomic E-state index is 12.3. The van der Waals surface area contributed by atoms with Gasteiger partial charge in [-0.25, -0.2) is 4.98 Å². The SMILES string of the molecule is O=C(NCCCn1ccnc1)c1ccc(Cl)c2cccnc12. The largest absolute Gasteiger partial charge is 0.352 e. The summed E-state index contributed by atoms with van der Waals surface area (Å²) in [7, 11) is 0. The first-order chi connectivity index (χ1) is 10.8. The van der Waals surface area contributed by atoms with Gasteiger partial charge in [-0.2, -0.15) is 0 Å². The van der Waals surface area contributed by atoms with Gasteiger partial charge in [0.1, 0.15) is 0 Å². The molecule has 1 aromatic carbocycles. The van der Waals surface area contributed by atoms with Crippen molar-refractivity contribution in [2.45, 2.75) is 13.0 Å². The number of imidazole rings is 1. The Hall–Kier alpha value is -2.40. The molecule has 0 unspecified atom stereocenters. The lowest BCUT2D eigenvalue weighted by Crippen LogP contribution is -2.25. The predicted octanol–water partition coefficient (Wildman–Crippen LogP) is 2.90. The number of amides is 1. The number of hydrogen-bond acceptors (Lipinski definition) is 3. The van der Waals surface area contributed by atoms with Crippen LogP contribution in [0.25, 0.3) is 10.9 Å². The average molecular weight is 315 g/mol. The molecule has 0 fully saturated rings. The minimum Gasteiger partial charge on any atom is -0.352 e. The number of nitrogens with zero attached hydrogens (tertiary/aromatic N) is 3. The van der Waals surface area contributed by atoms with Crippen LogP contribution in [0.1, 0.15) is 16.8 Å². The van der Waals surface area contributed by atoms with E-state index in [9.17, 15) is 4.79 Å². The summed E-state index contributed by atoms with van der Waals surface area (Å²) in [5.41, 5.74) is 1.17. The Morgan fingerprint density at radius 3 is 3.00 bits per heavy atom. The van der Waals surface area contributed by atoms with Gasteiger partial charge in [0, 0.05) is 37.1 Å². The molecule has 22 heavy (non-hydrogen) atoms. The zero-order chi connectivity index (χ0) is 15.4. The molecule has 112 valence electrons. The van der Waals surface area contributed by atoms with Crippen molar-refractivity contribution in [3.05, 3.63) is 59.8 Å². The lowest BCUT2D eigenvalue weighted by molar-refractivity contribution is 0.0954. The smallest absolute Gasteiger partial charge is 0.253 e. The summed E-state index contributed by atoms with van der Waals surface area (Å²) in [6, 6.07) is 7.11. The molecule has 3 aromatic rings. The molecule has 0 aliphatic rings. The number of hydrogen-bond donors (Lipinski definition) is 1.